The Kier molecular flexibility index (Phi) is 7.04. The maximum absolute atomic E-state index is 13.3. The molecule has 0 spiro atoms. The van der Waals surface area contributed by atoms with E-state index in [4.69, 9.17) is 21.1 Å². The number of amides is 4. The van der Waals surface area contributed by atoms with E-state index in [1.165, 1.54) is 30.5 Å². The Bertz CT molecular complexity index is 1180. The van der Waals surface area contributed by atoms with Crippen molar-refractivity contribution in [3.63, 3.8) is 0 Å². The minimum absolute atomic E-state index is 0.209. The predicted molar refractivity (Wildman–Crippen MR) is 131 cm³/mol. The molecule has 0 aliphatic carbocycles. The second-order valence-electron chi connectivity index (χ2n) is 7.51. The number of benzene rings is 2. The van der Waals surface area contributed by atoms with Gasteiger partial charge < -0.3 is 19.7 Å². The Balaban J connectivity index is 1.58. The van der Waals surface area contributed by atoms with Gasteiger partial charge in [-0.15, -0.1) is 11.3 Å². The second-order valence-corrected chi connectivity index (χ2v) is 8.98. The van der Waals surface area contributed by atoms with Crippen LogP contribution in [0.25, 0.3) is 0 Å². The van der Waals surface area contributed by atoms with E-state index in [0.29, 0.717) is 27.9 Å². The minimum Gasteiger partial charge on any atom is -0.497 e. The van der Waals surface area contributed by atoms with Gasteiger partial charge >= 0.3 is 6.03 Å². The topological polar surface area (TPSA) is 88.2 Å². The Morgan fingerprint density at radius 1 is 1.06 bits per heavy atom. The van der Waals surface area contributed by atoms with Crippen LogP contribution in [0.1, 0.15) is 11.3 Å². The van der Waals surface area contributed by atoms with Gasteiger partial charge in [0.2, 0.25) is 5.91 Å². The Morgan fingerprint density at radius 3 is 2.32 bits per heavy atom. The van der Waals surface area contributed by atoms with Gasteiger partial charge in [0.1, 0.15) is 17.5 Å². The highest BCUT2D eigenvalue weighted by Crippen LogP contribution is 2.31. The number of hydrogen-bond donors (Lipinski definition) is 1. The summed E-state index contributed by atoms with van der Waals surface area (Å²) in [7, 11) is 3.02. The summed E-state index contributed by atoms with van der Waals surface area (Å²) in [5.74, 6) is 0.128. The number of hydrogen-bond acceptors (Lipinski definition) is 6. The SMILES string of the molecule is COc1cc(NC(=O)CC2C(=O)N(c3ccc(Cl)cc3)C(=O)N2Cc2cccs2)cc(OC)c1. The van der Waals surface area contributed by atoms with E-state index in [0.717, 1.165) is 9.78 Å². The lowest BCUT2D eigenvalue weighted by Crippen LogP contribution is -2.37. The van der Waals surface area contributed by atoms with Crippen molar-refractivity contribution in [2.24, 2.45) is 0 Å². The summed E-state index contributed by atoms with van der Waals surface area (Å²) in [5, 5.41) is 5.16. The second kappa shape index (κ2) is 10.1. The summed E-state index contributed by atoms with van der Waals surface area (Å²) in [6, 6.07) is 13.7. The highest BCUT2D eigenvalue weighted by molar-refractivity contribution is 7.09. The largest absolute Gasteiger partial charge is 0.497 e. The van der Waals surface area contributed by atoms with Crippen LogP contribution in [0.5, 0.6) is 11.5 Å². The summed E-state index contributed by atoms with van der Waals surface area (Å²) >= 11 is 7.44. The van der Waals surface area contributed by atoms with Crippen molar-refractivity contribution in [2.75, 3.05) is 24.4 Å². The molecule has 0 radical (unpaired) electrons. The molecule has 2 heterocycles. The van der Waals surface area contributed by atoms with Crippen molar-refractivity contribution < 1.29 is 23.9 Å². The third-order valence-electron chi connectivity index (χ3n) is 5.32. The molecule has 3 aromatic rings. The number of nitrogens with zero attached hydrogens (tertiary/aromatic N) is 2. The number of halogens is 1. The molecule has 2 aromatic carbocycles. The summed E-state index contributed by atoms with van der Waals surface area (Å²) in [6.45, 7) is 0.220. The molecule has 1 unspecified atom stereocenters. The van der Waals surface area contributed by atoms with Crippen LogP contribution in [0.15, 0.2) is 60.0 Å². The average Bonchev–Trinajstić information content (AvgIpc) is 3.42. The van der Waals surface area contributed by atoms with Crippen molar-refractivity contribution in [1.29, 1.82) is 0 Å². The summed E-state index contributed by atoms with van der Waals surface area (Å²) in [6.07, 6.45) is -0.209. The number of rotatable bonds is 8. The monoisotopic (exact) mass is 499 g/mol. The van der Waals surface area contributed by atoms with E-state index in [-0.39, 0.29) is 13.0 Å². The van der Waals surface area contributed by atoms with Gasteiger partial charge in [0.25, 0.3) is 5.91 Å². The molecule has 0 bridgehead atoms. The molecule has 1 saturated heterocycles. The predicted octanol–water partition coefficient (Wildman–Crippen LogP) is 4.78. The first-order valence-electron chi connectivity index (χ1n) is 10.3. The van der Waals surface area contributed by atoms with Crippen molar-refractivity contribution in [3.8, 4) is 11.5 Å². The maximum Gasteiger partial charge on any atom is 0.332 e. The first kappa shape index (κ1) is 23.6. The highest BCUT2D eigenvalue weighted by Gasteiger charge is 2.46. The molecule has 4 amide bonds. The number of methoxy groups -OCH3 is 2. The molecule has 4 rings (SSSR count). The minimum atomic E-state index is -0.960. The zero-order valence-electron chi connectivity index (χ0n) is 18.5. The van der Waals surface area contributed by atoms with Crippen LogP contribution in [0.3, 0.4) is 0 Å². The van der Waals surface area contributed by atoms with Crippen LogP contribution >= 0.6 is 22.9 Å². The van der Waals surface area contributed by atoms with Gasteiger partial charge in [-0.05, 0) is 35.7 Å². The zero-order chi connectivity index (χ0) is 24.2. The number of thiophene rings is 1. The van der Waals surface area contributed by atoms with Crippen LogP contribution < -0.4 is 19.7 Å². The lowest BCUT2D eigenvalue weighted by molar-refractivity contribution is -0.124. The summed E-state index contributed by atoms with van der Waals surface area (Å²) < 4.78 is 10.5. The summed E-state index contributed by atoms with van der Waals surface area (Å²) in [4.78, 5) is 43.0. The fourth-order valence-electron chi connectivity index (χ4n) is 3.68. The molecule has 1 fully saturated rings. The number of carbonyl (C=O) groups is 3. The normalized spacial score (nSPS) is 15.6. The molecular formula is C24H22ClN3O5S. The average molecular weight is 500 g/mol. The molecule has 1 atom stereocenters. The molecule has 0 saturated carbocycles. The van der Waals surface area contributed by atoms with Crippen LogP contribution in [0, 0.1) is 0 Å². The van der Waals surface area contributed by atoms with Crippen molar-refractivity contribution >= 4 is 52.2 Å². The Labute approximate surface area is 205 Å². The van der Waals surface area contributed by atoms with Gasteiger partial charge in [-0.2, -0.15) is 0 Å². The molecule has 1 N–H and O–H groups in total. The Morgan fingerprint density at radius 2 is 1.74 bits per heavy atom. The van der Waals surface area contributed by atoms with Crippen LogP contribution in [-0.4, -0.2) is 43.0 Å². The molecule has 10 heteroatoms. The highest BCUT2D eigenvalue weighted by atomic mass is 35.5. The molecule has 8 nitrogen and oxygen atoms in total. The number of nitrogens with one attached hydrogen (secondary N) is 1. The number of urea groups is 1. The number of anilines is 2. The smallest absolute Gasteiger partial charge is 0.332 e. The first-order chi connectivity index (χ1) is 16.4. The standard InChI is InChI=1S/C24H22ClN3O5S/c1-32-18-10-16(11-19(12-18)33-2)26-22(29)13-21-23(30)28(17-7-5-15(25)6-8-17)24(31)27(21)14-20-4-3-9-34-20/h3-12,21H,13-14H2,1-2H3,(H,26,29). The number of carbonyl (C=O) groups excluding carboxylic acids is 3. The van der Waals surface area contributed by atoms with E-state index in [2.05, 4.69) is 5.32 Å². The lowest BCUT2D eigenvalue weighted by atomic mass is 10.1. The van der Waals surface area contributed by atoms with E-state index in [1.807, 2.05) is 17.5 Å². The fourth-order valence-corrected chi connectivity index (χ4v) is 4.51. The molecular weight excluding hydrogens is 478 g/mol. The van der Waals surface area contributed by atoms with Gasteiger partial charge in [-0.3, -0.25) is 9.59 Å². The van der Waals surface area contributed by atoms with Gasteiger partial charge in [0.15, 0.2) is 0 Å². The summed E-state index contributed by atoms with van der Waals surface area (Å²) in [5.41, 5.74) is 0.855. The zero-order valence-corrected chi connectivity index (χ0v) is 20.1. The van der Waals surface area contributed by atoms with E-state index in [9.17, 15) is 14.4 Å². The third kappa shape index (κ3) is 5.00. The van der Waals surface area contributed by atoms with Gasteiger partial charge in [0.05, 0.1) is 32.9 Å². The van der Waals surface area contributed by atoms with Crippen molar-refractivity contribution in [3.05, 3.63) is 69.9 Å². The van der Waals surface area contributed by atoms with E-state index in [1.54, 1.807) is 42.5 Å². The van der Waals surface area contributed by atoms with Crippen molar-refractivity contribution in [1.82, 2.24) is 4.90 Å². The molecule has 1 aromatic heterocycles. The maximum atomic E-state index is 13.3. The van der Waals surface area contributed by atoms with Crippen LogP contribution in [0.2, 0.25) is 5.02 Å². The molecule has 1 aliphatic heterocycles. The first-order valence-corrected chi connectivity index (χ1v) is 11.6. The number of imide groups is 1. The third-order valence-corrected chi connectivity index (χ3v) is 6.44. The van der Waals surface area contributed by atoms with Gasteiger partial charge in [0, 0.05) is 33.8 Å². The number of ether oxygens (including phenoxy) is 2. The fraction of sp³-hybridized carbons (Fsp3) is 0.208. The Hall–Kier alpha value is -3.56. The van der Waals surface area contributed by atoms with E-state index >= 15 is 0 Å². The molecule has 34 heavy (non-hydrogen) atoms. The molecule has 176 valence electrons. The van der Waals surface area contributed by atoms with Crippen molar-refractivity contribution in [2.45, 2.75) is 19.0 Å². The van der Waals surface area contributed by atoms with Gasteiger partial charge in [-0.25, -0.2) is 9.69 Å². The van der Waals surface area contributed by atoms with E-state index < -0.39 is 23.9 Å². The van der Waals surface area contributed by atoms with Gasteiger partial charge in [-0.1, -0.05) is 17.7 Å². The molecule has 1 aliphatic rings. The van der Waals surface area contributed by atoms with Crippen LogP contribution in [0.4, 0.5) is 16.2 Å². The lowest BCUT2D eigenvalue weighted by Gasteiger charge is -2.21. The van der Waals surface area contributed by atoms with Crippen LogP contribution in [-0.2, 0) is 16.1 Å². The quantitative estimate of drug-likeness (QED) is 0.450.